The van der Waals surface area contributed by atoms with Crippen molar-refractivity contribution in [1.29, 1.82) is 0 Å². The maximum absolute atomic E-state index is 11.8. The van der Waals surface area contributed by atoms with Crippen molar-refractivity contribution in [2.75, 3.05) is 4.90 Å². The van der Waals surface area contributed by atoms with E-state index in [9.17, 15) is 4.79 Å². The highest BCUT2D eigenvalue weighted by Crippen LogP contribution is 2.44. The van der Waals surface area contributed by atoms with Crippen molar-refractivity contribution in [1.82, 2.24) is 0 Å². The van der Waals surface area contributed by atoms with Gasteiger partial charge in [-0.2, -0.15) is 0 Å². The molecule has 0 radical (unpaired) electrons. The third-order valence-corrected chi connectivity index (χ3v) is 3.34. The van der Waals surface area contributed by atoms with Crippen LogP contribution in [-0.4, -0.2) is 11.9 Å². The van der Waals surface area contributed by atoms with E-state index >= 15 is 0 Å². The van der Waals surface area contributed by atoms with Crippen LogP contribution in [0.1, 0.15) is 18.4 Å². The summed E-state index contributed by atoms with van der Waals surface area (Å²) in [7, 11) is 0. The van der Waals surface area contributed by atoms with Gasteiger partial charge >= 0.3 is 0 Å². The predicted molar refractivity (Wildman–Crippen MR) is 55.2 cm³/mol. The molecular weight excluding hydrogens is 174 g/mol. The van der Waals surface area contributed by atoms with E-state index in [1.54, 1.807) is 0 Å². The van der Waals surface area contributed by atoms with E-state index in [2.05, 4.69) is 19.1 Å². The summed E-state index contributed by atoms with van der Waals surface area (Å²) >= 11 is 0. The van der Waals surface area contributed by atoms with Crippen LogP contribution in [-0.2, 0) is 4.79 Å². The molecule has 0 spiro atoms. The first kappa shape index (κ1) is 8.04. The SMILES string of the molecule is Cc1cccc(N2C(=O)C3CC2C3)c1. The molecule has 4 rings (SSSR count). The molecule has 0 unspecified atom stereocenters. The van der Waals surface area contributed by atoms with Gasteiger partial charge in [0, 0.05) is 17.6 Å². The molecule has 2 nitrogen and oxygen atoms in total. The number of benzene rings is 1. The second kappa shape index (κ2) is 2.59. The summed E-state index contributed by atoms with van der Waals surface area (Å²) in [6, 6.07) is 8.71. The van der Waals surface area contributed by atoms with Gasteiger partial charge in [-0.05, 0) is 37.5 Å². The van der Waals surface area contributed by atoms with E-state index in [0.717, 1.165) is 18.5 Å². The molecule has 3 aliphatic rings. The highest BCUT2D eigenvalue weighted by Gasteiger charge is 2.50. The summed E-state index contributed by atoms with van der Waals surface area (Å²) < 4.78 is 0. The van der Waals surface area contributed by atoms with Crippen LogP contribution in [0.15, 0.2) is 24.3 Å². The minimum atomic E-state index is 0.334. The lowest BCUT2D eigenvalue weighted by molar-refractivity contribution is -0.119. The first-order valence-corrected chi connectivity index (χ1v) is 5.15. The van der Waals surface area contributed by atoms with E-state index < -0.39 is 0 Å². The summed E-state index contributed by atoms with van der Waals surface area (Å²) in [5.41, 5.74) is 2.31. The lowest BCUT2D eigenvalue weighted by Gasteiger charge is -2.25. The highest BCUT2D eigenvalue weighted by atomic mass is 16.2. The smallest absolute Gasteiger partial charge is 0.230 e. The van der Waals surface area contributed by atoms with Gasteiger partial charge in [0.2, 0.25) is 5.91 Å². The lowest BCUT2D eigenvalue weighted by atomic mass is 9.86. The minimum absolute atomic E-state index is 0.334. The van der Waals surface area contributed by atoms with Crippen molar-refractivity contribution < 1.29 is 4.79 Å². The summed E-state index contributed by atoms with van der Waals surface area (Å²) in [6.07, 6.45) is 2.15. The van der Waals surface area contributed by atoms with Crippen molar-refractivity contribution in [3.05, 3.63) is 29.8 Å². The Bertz CT molecular complexity index is 393. The molecule has 14 heavy (non-hydrogen) atoms. The number of hydrogen-bond acceptors (Lipinski definition) is 1. The van der Waals surface area contributed by atoms with Crippen LogP contribution in [0.25, 0.3) is 0 Å². The number of carbonyl (C=O) groups excluding carboxylic acids is 1. The van der Waals surface area contributed by atoms with E-state index in [1.165, 1.54) is 5.56 Å². The Morgan fingerprint density at radius 3 is 2.71 bits per heavy atom. The number of amides is 1. The van der Waals surface area contributed by atoms with E-state index in [4.69, 9.17) is 0 Å². The lowest BCUT2D eigenvalue weighted by Crippen LogP contribution is -2.29. The van der Waals surface area contributed by atoms with Gasteiger partial charge in [0.25, 0.3) is 0 Å². The molecule has 1 amide bonds. The number of rotatable bonds is 1. The van der Waals surface area contributed by atoms with Crippen molar-refractivity contribution in [3.8, 4) is 0 Å². The van der Waals surface area contributed by atoms with Crippen LogP contribution in [0, 0.1) is 12.8 Å². The van der Waals surface area contributed by atoms with Crippen LogP contribution < -0.4 is 4.90 Å². The second-order valence-corrected chi connectivity index (χ2v) is 4.37. The zero-order chi connectivity index (χ0) is 9.71. The molecule has 72 valence electrons. The van der Waals surface area contributed by atoms with Crippen LogP contribution in [0.5, 0.6) is 0 Å². The second-order valence-electron chi connectivity index (χ2n) is 4.37. The molecule has 1 aliphatic carbocycles. The maximum Gasteiger partial charge on any atom is 0.230 e. The molecule has 2 saturated heterocycles. The van der Waals surface area contributed by atoms with Gasteiger partial charge in [0.15, 0.2) is 0 Å². The third-order valence-electron chi connectivity index (χ3n) is 3.34. The van der Waals surface area contributed by atoms with Crippen LogP contribution in [0.3, 0.4) is 0 Å². The first-order chi connectivity index (χ1) is 6.75. The molecule has 2 aliphatic heterocycles. The van der Waals surface area contributed by atoms with Crippen molar-refractivity contribution >= 4 is 11.6 Å². The Kier molecular flexibility index (Phi) is 1.49. The van der Waals surface area contributed by atoms with Crippen molar-refractivity contribution in [2.24, 2.45) is 5.92 Å². The normalized spacial score (nSPS) is 29.2. The Balaban J connectivity index is 1.99. The van der Waals surface area contributed by atoms with Gasteiger partial charge in [0.05, 0.1) is 0 Å². The number of carbonyl (C=O) groups is 1. The largest absolute Gasteiger partial charge is 0.309 e. The Labute approximate surface area is 83.5 Å². The molecule has 0 aromatic heterocycles. The number of anilines is 1. The summed E-state index contributed by atoms with van der Waals surface area (Å²) in [6.45, 7) is 2.06. The third kappa shape index (κ3) is 0.939. The number of aryl methyl sites for hydroxylation is 1. The van der Waals surface area contributed by atoms with E-state index in [-0.39, 0.29) is 0 Å². The molecule has 2 heterocycles. The fraction of sp³-hybridized carbons (Fsp3) is 0.417. The fourth-order valence-electron chi connectivity index (χ4n) is 2.49. The zero-order valence-electron chi connectivity index (χ0n) is 8.23. The molecule has 1 aromatic rings. The van der Waals surface area contributed by atoms with Crippen LogP contribution in [0.2, 0.25) is 0 Å². The molecule has 0 N–H and O–H groups in total. The van der Waals surface area contributed by atoms with Crippen LogP contribution in [0.4, 0.5) is 5.69 Å². The van der Waals surface area contributed by atoms with Gasteiger partial charge in [-0.1, -0.05) is 12.1 Å². The Morgan fingerprint density at radius 1 is 1.36 bits per heavy atom. The quantitative estimate of drug-likeness (QED) is 0.659. The predicted octanol–water partition coefficient (Wildman–Crippen LogP) is 2.12. The topological polar surface area (TPSA) is 20.3 Å². The summed E-state index contributed by atoms with van der Waals surface area (Å²) in [4.78, 5) is 13.8. The van der Waals surface area contributed by atoms with Crippen molar-refractivity contribution in [3.63, 3.8) is 0 Å². The van der Waals surface area contributed by atoms with Gasteiger partial charge < -0.3 is 4.90 Å². The molecule has 3 fully saturated rings. The van der Waals surface area contributed by atoms with Gasteiger partial charge in [0.1, 0.15) is 0 Å². The summed E-state index contributed by atoms with van der Waals surface area (Å²) in [5, 5.41) is 0. The molecular formula is C12H13NO. The molecule has 1 aromatic carbocycles. The summed E-state index contributed by atoms with van der Waals surface area (Å²) in [5.74, 6) is 0.668. The maximum atomic E-state index is 11.8. The fourth-order valence-corrected chi connectivity index (χ4v) is 2.49. The molecule has 1 saturated carbocycles. The number of fused-ring (bicyclic) bond motifs is 1. The minimum Gasteiger partial charge on any atom is -0.309 e. The average molecular weight is 187 g/mol. The first-order valence-electron chi connectivity index (χ1n) is 5.15. The molecule has 2 bridgehead atoms. The monoisotopic (exact) mass is 187 g/mol. The average Bonchev–Trinajstić information content (AvgIpc) is 2.55. The van der Waals surface area contributed by atoms with E-state index in [1.807, 2.05) is 17.0 Å². The Morgan fingerprint density at radius 2 is 2.14 bits per heavy atom. The Hall–Kier alpha value is -1.31. The van der Waals surface area contributed by atoms with Crippen LogP contribution >= 0.6 is 0 Å². The number of hydrogen-bond donors (Lipinski definition) is 0. The van der Waals surface area contributed by atoms with Gasteiger partial charge in [-0.15, -0.1) is 0 Å². The number of nitrogens with zero attached hydrogens (tertiary/aromatic N) is 1. The van der Waals surface area contributed by atoms with Gasteiger partial charge in [-0.25, -0.2) is 0 Å². The van der Waals surface area contributed by atoms with E-state index in [0.29, 0.717) is 17.9 Å². The zero-order valence-corrected chi connectivity index (χ0v) is 8.23. The van der Waals surface area contributed by atoms with Gasteiger partial charge in [-0.3, -0.25) is 4.79 Å². The molecule has 2 heteroatoms. The standard InChI is InChI=1S/C12H13NO/c1-8-3-2-4-10(5-8)13-11-6-9(7-11)12(13)14/h2-5,9,11H,6-7H2,1H3. The molecule has 0 atom stereocenters. The highest BCUT2D eigenvalue weighted by molar-refractivity contribution is 6.00. The van der Waals surface area contributed by atoms with Crippen molar-refractivity contribution in [2.45, 2.75) is 25.8 Å².